The molecule has 0 amide bonds. The van der Waals surface area contributed by atoms with Gasteiger partial charge in [0.2, 0.25) is 28.9 Å². The molecule has 18 heteroatoms. The molecule has 0 saturated carbocycles. The van der Waals surface area contributed by atoms with Gasteiger partial charge in [-0.3, -0.25) is 24.0 Å². The highest BCUT2D eigenvalue weighted by Crippen LogP contribution is 2.41. The number of benzene rings is 3. The number of carbonyl (C=O) groups is 5. The first kappa shape index (κ1) is 62.7. The molecule has 0 spiro atoms. The third-order valence-corrected chi connectivity index (χ3v) is 13.8. The fourth-order valence-corrected chi connectivity index (χ4v) is 8.55. The van der Waals surface area contributed by atoms with Crippen molar-refractivity contribution in [2.45, 2.75) is 119 Å². The van der Waals surface area contributed by atoms with Crippen molar-refractivity contribution in [3.8, 4) is 34.5 Å². The van der Waals surface area contributed by atoms with Gasteiger partial charge in [0.15, 0.2) is 40.3 Å². The van der Waals surface area contributed by atoms with Gasteiger partial charge in [0.25, 0.3) is 0 Å². The van der Waals surface area contributed by atoms with Crippen LogP contribution in [0.3, 0.4) is 0 Å². The lowest BCUT2D eigenvalue weighted by Gasteiger charge is -2.20. The number of unbranched alkanes of at least 4 members (excludes halogenated alkanes) is 6. The van der Waals surface area contributed by atoms with Crippen LogP contribution in [0.5, 0.6) is 34.5 Å². The maximum absolute atomic E-state index is 14.0. The number of hydrogen-bond donors (Lipinski definition) is 7. The van der Waals surface area contributed by atoms with Crippen LogP contribution in [-0.2, 0) is 24.0 Å². The van der Waals surface area contributed by atoms with Crippen molar-refractivity contribution < 1.29 is 57.5 Å². The monoisotopic (exact) mass is 1150 g/mol. The highest BCUT2D eigenvalue weighted by atomic mass is 16.5. The summed E-state index contributed by atoms with van der Waals surface area (Å²) in [6.45, 7) is 14.8. The van der Waals surface area contributed by atoms with Crippen LogP contribution in [0.4, 0.5) is 34.1 Å². The lowest BCUT2D eigenvalue weighted by Crippen LogP contribution is -2.22. The van der Waals surface area contributed by atoms with Gasteiger partial charge in [-0.25, -0.2) is 0 Å². The number of rotatable bonds is 24. The van der Waals surface area contributed by atoms with Crippen LogP contribution in [0.2, 0.25) is 0 Å². The van der Waals surface area contributed by atoms with Gasteiger partial charge in [-0.1, -0.05) is 86.1 Å². The summed E-state index contributed by atoms with van der Waals surface area (Å²) in [6.07, 6.45) is 26.6. The molecule has 0 aromatic heterocycles. The lowest BCUT2D eigenvalue weighted by atomic mass is 9.95. The van der Waals surface area contributed by atoms with E-state index in [9.17, 15) is 29.1 Å². The van der Waals surface area contributed by atoms with Crippen molar-refractivity contribution in [2.24, 2.45) is 0 Å². The van der Waals surface area contributed by atoms with E-state index >= 15 is 0 Å². The van der Waals surface area contributed by atoms with Gasteiger partial charge in [0.1, 0.15) is 0 Å². The predicted molar refractivity (Wildman–Crippen MR) is 331 cm³/mol. The second-order valence-electron chi connectivity index (χ2n) is 20.3. The molecule has 10 rings (SSSR count). The summed E-state index contributed by atoms with van der Waals surface area (Å²) in [5, 5.41) is 30.9. The number of nitrogens with one attached hydrogen (secondary N) is 6. The molecule has 7 aliphatic rings. The number of carbonyl (C=O) groups excluding carboxylic acids is 5. The minimum Gasteiger partial charge on any atom is -0.504 e. The summed E-state index contributed by atoms with van der Waals surface area (Å²) in [4.78, 5) is 69.7. The minimum absolute atomic E-state index is 0.0191. The number of ketones is 5. The van der Waals surface area contributed by atoms with Gasteiger partial charge in [0, 0.05) is 107 Å². The molecular weight excluding hydrogens is 1070 g/mol. The smallest absolute Gasteiger partial charge is 0.235 e. The normalized spacial score (nSPS) is 18.4. The van der Waals surface area contributed by atoms with Gasteiger partial charge in [-0.15, -0.1) is 0 Å². The molecule has 4 aliphatic heterocycles. The summed E-state index contributed by atoms with van der Waals surface area (Å²) in [5.74, 6) is -1.58. The van der Waals surface area contributed by atoms with Crippen molar-refractivity contribution in [3.63, 3.8) is 0 Å². The molecule has 446 valence electrons. The van der Waals surface area contributed by atoms with Gasteiger partial charge in [-0.2, -0.15) is 0 Å². The summed E-state index contributed by atoms with van der Waals surface area (Å²) < 4.78 is 37.4. The van der Waals surface area contributed by atoms with Gasteiger partial charge < -0.3 is 65.4 Å². The van der Waals surface area contributed by atoms with Crippen molar-refractivity contribution in [3.05, 3.63) is 143 Å². The maximum atomic E-state index is 14.0. The SMILES string of the molecule is CCCCOc1cc2c(cc1OCCCC)N/C=C1C=C/C(=C/Nc3cc(OCCCC)c(OCCCC)cc3NCC3=C(O)C(=O)/C(=C\Nc4cc(OCCCC)c(OCCCC)cc4N/C=C4C=C/C(=C/N2)C(=O)C/4=O)C=C3)C(=O)C/1=O. The third-order valence-electron chi connectivity index (χ3n) is 13.8. The van der Waals surface area contributed by atoms with Gasteiger partial charge in [-0.05, 0) is 68.9 Å². The molecular formula is C66H80N6O12. The van der Waals surface area contributed by atoms with Crippen molar-refractivity contribution in [1.82, 2.24) is 0 Å². The van der Waals surface area contributed by atoms with Gasteiger partial charge >= 0.3 is 0 Å². The van der Waals surface area contributed by atoms with E-state index in [1.165, 1.54) is 55.3 Å². The van der Waals surface area contributed by atoms with E-state index in [1.807, 2.05) is 0 Å². The van der Waals surface area contributed by atoms with E-state index in [0.717, 1.165) is 77.0 Å². The number of aliphatic hydroxyl groups excluding tert-OH is 1. The molecule has 18 nitrogen and oxygen atoms in total. The number of allylic oxidation sites excluding steroid dienone is 10. The molecule has 4 heterocycles. The minimum atomic E-state index is -0.787. The number of fused-ring (bicyclic) bond motifs is 2. The number of anilines is 6. The summed E-state index contributed by atoms with van der Waals surface area (Å²) in [6, 6.07) is 10.4. The molecule has 3 aromatic rings. The zero-order valence-corrected chi connectivity index (χ0v) is 49.2. The average Bonchev–Trinajstić information content (AvgIpc) is 3.41. The second-order valence-corrected chi connectivity index (χ2v) is 20.3. The number of hydrogen-bond acceptors (Lipinski definition) is 18. The Morgan fingerprint density at radius 3 is 0.821 bits per heavy atom. The number of Topliss-reactive ketones (excluding diaryl/α,β-unsaturated/α-hetero) is 5. The maximum Gasteiger partial charge on any atom is 0.235 e. The molecule has 3 aliphatic carbocycles. The first-order valence-electron chi connectivity index (χ1n) is 29.5. The Hall–Kier alpha value is -8.93. The molecule has 0 atom stereocenters. The van der Waals surface area contributed by atoms with Crippen molar-refractivity contribution in [1.29, 1.82) is 0 Å². The number of ether oxygens (including phenoxy) is 6. The fraction of sp³-hybridized carbons (Fsp3) is 0.379. The van der Waals surface area contributed by atoms with Crippen LogP contribution < -0.4 is 60.3 Å². The van der Waals surface area contributed by atoms with E-state index in [0.29, 0.717) is 108 Å². The first-order chi connectivity index (χ1) is 40.9. The summed E-state index contributed by atoms with van der Waals surface area (Å²) in [7, 11) is 0. The Balaban J connectivity index is 1.35. The van der Waals surface area contributed by atoms with Crippen LogP contribution in [0, 0.1) is 0 Å². The zero-order valence-electron chi connectivity index (χ0n) is 49.2. The molecule has 0 saturated heterocycles. The zero-order chi connectivity index (χ0) is 59.8. The molecule has 3 aromatic carbocycles. The quantitative estimate of drug-likeness (QED) is 0.0326. The lowest BCUT2D eigenvalue weighted by molar-refractivity contribution is -0.131. The average molecular weight is 1150 g/mol. The Kier molecular flexibility index (Phi) is 23.9. The Morgan fingerprint density at radius 1 is 0.333 bits per heavy atom. The van der Waals surface area contributed by atoms with Crippen molar-refractivity contribution >= 4 is 63.0 Å². The summed E-state index contributed by atoms with van der Waals surface area (Å²) >= 11 is 0. The molecule has 84 heavy (non-hydrogen) atoms. The standard InChI is InChI=1S/C66H80N6O12/c1-7-13-25-79-55-31-49-50(32-56(55)80-26-14-8-2)68-38-44-21-22-46(64(76)62(44)74)40-70-53-35-59(83-29-17-11-5)60(84-30-18-12-6)36-54(53)72-42-48-24-23-47(65(77)66(48)78)41-71-52-34-58(82-28-16-10-4)57(81-27-15-9-3)33-51(52)69-39-45-20-19-43(37-67-49)61(73)63(45)75/h19-24,31-41,67-72,78H,7-18,25-30,42H2,1-6H3/b43-37-,44-38-,45-39-,46-40-,47-41-. The van der Waals surface area contributed by atoms with E-state index in [1.54, 1.807) is 48.6 Å². The van der Waals surface area contributed by atoms with Crippen LogP contribution in [-0.4, -0.2) is 80.2 Å². The van der Waals surface area contributed by atoms with Crippen molar-refractivity contribution in [2.75, 3.05) is 78.1 Å². The van der Waals surface area contributed by atoms with E-state index in [4.69, 9.17) is 28.4 Å². The topological polar surface area (TPSA) is 233 Å². The summed E-state index contributed by atoms with van der Waals surface area (Å²) in [5.41, 5.74) is 3.26. The Morgan fingerprint density at radius 2 is 0.560 bits per heavy atom. The van der Waals surface area contributed by atoms with Crippen LogP contribution in [0.1, 0.15) is 119 Å². The fourth-order valence-electron chi connectivity index (χ4n) is 8.55. The van der Waals surface area contributed by atoms with Gasteiger partial charge in [0.05, 0.1) is 73.8 Å². The van der Waals surface area contributed by atoms with Crippen LogP contribution in [0.25, 0.3) is 0 Å². The Bertz CT molecular complexity index is 3200. The first-order valence-corrected chi connectivity index (χ1v) is 29.5. The highest BCUT2D eigenvalue weighted by Gasteiger charge is 2.28. The molecule has 6 bridgehead atoms. The molecule has 0 radical (unpaired) electrons. The molecule has 0 fully saturated rings. The van der Waals surface area contributed by atoms with Crippen LogP contribution in [0.15, 0.2) is 143 Å². The highest BCUT2D eigenvalue weighted by molar-refractivity contribution is 6.52. The van der Waals surface area contributed by atoms with Crippen LogP contribution >= 0.6 is 0 Å². The second kappa shape index (κ2) is 32.1. The molecule has 0 unspecified atom stereocenters. The number of aliphatic hydroxyl groups is 1. The Labute approximate surface area is 492 Å². The van der Waals surface area contributed by atoms with E-state index in [-0.39, 0.29) is 40.0 Å². The predicted octanol–water partition coefficient (Wildman–Crippen LogP) is 13.4. The van der Waals surface area contributed by atoms with E-state index < -0.39 is 34.7 Å². The van der Waals surface area contributed by atoms with E-state index in [2.05, 4.69) is 73.4 Å². The largest absolute Gasteiger partial charge is 0.504 e. The third kappa shape index (κ3) is 16.9. The molecule has 7 N–H and O–H groups in total.